The summed E-state index contributed by atoms with van der Waals surface area (Å²) in [5.74, 6) is -0.0712. The van der Waals surface area contributed by atoms with Gasteiger partial charge >= 0.3 is 0 Å². The summed E-state index contributed by atoms with van der Waals surface area (Å²) in [5.41, 5.74) is 6.91. The van der Waals surface area contributed by atoms with E-state index in [1.165, 1.54) is 0 Å². The molecule has 0 unspecified atom stereocenters. The molecule has 100 valence electrons. The largest absolute Gasteiger partial charge is 0.399 e. The second-order valence-electron chi connectivity index (χ2n) is 4.11. The van der Waals surface area contributed by atoms with Gasteiger partial charge in [-0.25, -0.2) is 8.42 Å². The molecule has 0 bridgehead atoms. The van der Waals surface area contributed by atoms with Gasteiger partial charge in [0.25, 0.3) is 0 Å². The molecular formula is C13H11Br2NO2S. The molecule has 0 radical (unpaired) electrons. The summed E-state index contributed by atoms with van der Waals surface area (Å²) in [6.07, 6.45) is 0. The third-order valence-corrected chi connectivity index (χ3v) is 5.20. The van der Waals surface area contributed by atoms with Crippen molar-refractivity contribution in [2.75, 3.05) is 5.73 Å². The minimum atomic E-state index is -3.36. The molecule has 0 saturated carbocycles. The van der Waals surface area contributed by atoms with Gasteiger partial charge in [0.2, 0.25) is 0 Å². The number of rotatable bonds is 3. The Morgan fingerprint density at radius 1 is 0.947 bits per heavy atom. The molecule has 2 rings (SSSR count). The lowest BCUT2D eigenvalue weighted by Gasteiger charge is -2.06. The zero-order valence-corrected chi connectivity index (χ0v) is 13.8. The van der Waals surface area contributed by atoms with Crippen molar-refractivity contribution in [2.24, 2.45) is 0 Å². The summed E-state index contributed by atoms with van der Waals surface area (Å²) >= 11 is 6.59. The Morgan fingerprint density at radius 3 is 2.16 bits per heavy atom. The zero-order valence-electron chi connectivity index (χ0n) is 9.81. The van der Waals surface area contributed by atoms with Crippen LogP contribution in [0, 0.1) is 0 Å². The van der Waals surface area contributed by atoms with E-state index in [0.717, 1.165) is 8.95 Å². The SMILES string of the molecule is Nc1cc(Br)cc(CS(=O)(=O)c2ccc(Br)cc2)c1. The maximum Gasteiger partial charge on any atom is 0.182 e. The molecule has 0 heterocycles. The third-order valence-electron chi connectivity index (χ3n) is 2.51. The molecule has 6 heteroatoms. The molecule has 19 heavy (non-hydrogen) atoms. The highest BCUT2D eigenvalue weighted by Crippen LogP contribution is 2.23. The predicted molar refractivity (Wildman–Crippen MR) is 83.6 cm³/mol. The number of anilines is 1. The van der Waals surface area contributed by atoms with Gasteiger partial charge in [-0.3, -0.25) is 0 Å². The number of nitrogen functional groups attached to an aromatic ring is 1. The Morgan fingerprint density at radius 2 is 1.58 bits per heavy atom. The Bertz CT molecular complexity index is 677. The summed E-state index contributed by atoms with van der Waals surface area (Å²) in [7, 11) is -3.36. The van der Waals surface area contributed by atoms with Crippen LogP contribution in [0.4, 0.5) is 5.69 Å². The fourth-order valence-electron chi connectivity index (χ4n) is 1.70. The average Bonchev–Trinajstić information content (AvgIpc) is 2.27. The number of hydrogen-bond donors (Lipinski definition) is 1. The molecule has 3 nitrogen and oxygen atoms in total. The molecule has 0 saturated heterocycles. The van der Waals surface area contributed by atoms with E-state index >= 15 is 0 Å². The molecule has 0 atom stereocenters. The molecule has 0 amide bonds. The van der Waals surface area contributed by atoms with Gasteiger partial charge in [-0.1, -0.05) is 31.9 Å². The van der Waals surface area contributed by atoms with Crippen LogP contribution in [0.2, 0.25) is 0 Å². The molecule has 0 aliphatic carbocycles. The highest BCUT2D eigenvalue weighted by Gasteiger charge is 2.15. The van der Waals surface area contributed by atoms with Crippen molar-refractivity contribution in [1.82, 2.24) is 0 Å². The van der Waals surface area contributed by atoms with E-state index in [0.29, 0.717) is 16.1 Å². The van der Waals surface area contributed by atoms with Crippen LogP contribution in [-0.4, -0.2) is 8.42 Å². The minimum absolute atomic E-state index is 0.0712. The highest BCUT2D eigenvalue weighted by atomic mass is 79.9. The van der Waals surface area contributed by atoms with Crippen LogP contribution in [0.1, 0.15) is 5.56 Å². The first-order valence-corrected chi connectivity index (χ1v) is 8.64. The fourth-order valence-corrected chi connectivity index (χ4v) is 3.85. The Balaban J connectivity index is 2.33. The van der Waals surface area contributed by atoms with Crippen LogP contribution in [0.15, 0.2) is 56.3 Å². The van der Waals surface area contributed by atoms with Crippen molar-refractivity contribution in [3.05, 3.63) is 57.0 Å². The van der Waals surface area contributed by atoms with Gasteiger partial charge < -0.3 is 5.73 Å². The van der Waals surface area contributed by atoms with Crippen LogP contribution in [-0.2, 0) is 15.6 Å². The summed E-state index contributed by atoms with van der Waals surface area (Å²) < 4.78 is 26.1. The molecule has 0 aliphatic rings. The zero-order chi connectivity index (χ0) is 14.0. The molecule has 2 aromatic carbocycles. The summed E-state index contributed by atoms with van der Waals surface area (Å²) in [6.45, 7) is 0. The fraction of sp³-hybridized carbons (Fsp3) is 0.0769. The van der Waals surface area contributed by atoms with Crippen LogP contribution >= 0.6 is 31.9 Å². The first-order chi connectivity index (χ1) is 8.87. The van der Waals surface area contributed by atoms with Crippen molar-refractivity contribution in [1.29, 1.82) is 0 Å². The molecule has 0 aromatic heterocycles. The van der Waals surface area contributed by atoms with E-state index in [9.17, 15) is 8.42 Å². The Hall–Kier alpha value is -0.850. The second kappa shape index (κ2) is 5.64. The molecule has 0 spiro atoms. The van der Waals surface area contributed by atoms with E-state index in [-0.39, 0.29) is 5.75 Å². The van der Waals surface area contributed by atoms with Gasteiger partial charge in [-0.2, -0.15) is 0 Å². The van der Waals surface area contributed by atoms with E-state index in [2.05, 4.69) is 31.9 Å². The molecule has 2 aromatic rings. The average molecular weight is 405 g/mol. The molecular weight excluding hydrogens is 394 g/mol. The van der Waals surface area contributed by atoms with Crippen molar-refractivity contribution >= 4 is 47.4 Å². The van der Waals surface area contributed by atoms with Crippen LogP contribution in [0.25, 0.3) is 0 Å². The van der Waals surface area contributed by atoms with Gasteiger partial charge in [0.1, 0.15) is 0 Å². The van der Waals surface area contributed by atoms with Crippen LogP contribution in [0.5, 0.6) is 0 Å². The Labute approximate surface area is 129 Å². The number of benzene rings is 2. The molecule has 2 N–H and O–H groups in total. The standard InChI is InChI=1S/C13H11Br2NO2S/c14-10-1-3-13(4-2-10)19(17,18)8-9-5-11(15)7-12(16)6-9/h1-7H,8,16H2. The van der Waals surface area contributed by atoms with Gasteiger partial charge in [0.05, 0.1) is 10.6 Å². The lowest BCUT2D eigenvalue weighted by atomic mass is 10.2. The lowest BCUT2D eigenvalue weighted by Crippen LogP contribution is -2.05. The van der Waals surface area contributed by atoms with Crippen molar-refractivity contribution in [3.63, 3.8) is 0 Å². The molecule has 0 fully saturated rings. The first-order valence-electron chi connectivity index (χ1n) is 5.40. The maximum atomic E-state index is 12.3. The smallest absolute Gasteiger partial charge is 0.182 e. The van der Waals surface area contributed by atoms with Crippen molar-refractivity contribution < 1.29 is 8.42 Å². The maximum absolute atomic E-state index is 12.3. The van der Waals surface area contributed by atoms with E-state index < -0.39 is 9.84 Å². The monoisotopic (exact) mass is 403 g/mol. The summed E-state index contributed by atoms with van der Waals surface area (Å²) in [6, 6.07) is 11.7. The van der Waals surface area contributed by atoms with Gasteiger partial charge in [0, 0.05) is 14.6 Å². The number of sulfone groups is 1. The number of hydrogen-bond acceptors (Lipinski definition) is 3. The number of halogens is 2. The number of nitrogens with two attached hydrogens (primary N) is 1. The van der Waals surface area contributed by atoms with E-state index in [1.54, 1.807) is 42.5 Å². The van der Waals surface area contributed by atoms with Gasteiger partial charge in [-0.05, 0) is 48.0 Å². The minimum Gasteiger partial charge on any atom is -0.399 e. The van der Waals surface area contributed by atoms with E-state index in [1.807, 2.05) is 0 Å². The summed E-state index contributed by atoms with van der Waals surface area (Å²) in [5, 5.41) is 0. The van der Waals surface area contributed by atoms with Gasteiger partial charge in [-0.15, -0.1) is 0 Å². The molecule has 0 aliphatic heterocycles. The van der Waals surface area contributed by atoms with Crippen molar-refractivity contribution in [2.45, 2.75) is 10.6 Å². The Kier molecular flexibility index (Phi) is 4.32. The summed E-state index contributed by atoms with van der Waals surface area (Å²) in [4.78, 5) is 0.300. The third kappa shape index (κ3) is 3.81. The quantitative estimate of drug-likeness (QED) is 0.792. The highest BCUT2D eigenvalue weighted by molar-refractivity contribution is 9.10. The van der Waals surface area contributed by atoms with Gasteiger partial charge in [0.15, 0.2) is 9.84 Å². The second-order valence-corrected chi connectivity index (χ2v) is 7.93. The predicted octanol–water partition coefficient (Wildman–Crippen LogP) is 3.77. The van der Waals surface area contributed by atoms with Crippen LogP contribution < -0.4 is 5.73 Å². The van der Waals surface area contributed by atoms with Crippen molar-refractivity contribution in [3.8, 4) is 0 Å². The van der Waals surface area contributed by atoms with Crippen LogP contribution in [0.3, 0.4) is 0 Å². The lowest BCUT2D eigenvalue weighted by molar-refractivity contribution is 0.595. The van der Waals surface area contributed by atoms with E-state index in [4.69, 9.17) is 5.73 Å². The topological polar surface area (TPSA) is 60.2 Å². The first kappa shape index (κ1) is 14.6. The normalized spacial score (nSPS) is 11.5.